The van der Waals surface area contributed by atoms with Crippen LogP contribution >= 0.6 is 0 Å². The van der Waals surface area contributed by atoms with Crippen molar-refractivity contribution in [1.29, 1.82) is 0 Å². The Hall–Kier alpha value is -0.240. The van der Waals surface area contributed by atoms with Crippen molar-refractivity contribution in [3.05, 3.63) is 0 Å². The van der Waals surface area contributed by atoms with Crippen LogP contribution in [-0.2, 0) is 9.47 Å². The first-order valence-electron chi connectivity index (χ1n) is 14.6. The molecule has 0 aliphatic rings. The number of quaternary nitrogens is 1. The summed E-state index contributed by atoms with van der Waals surface area (Å²) in [6, 6.07) is 0. The molecule has 6 heteroatoms. The van der Waals surface area contributed by atoms with E-state index in [9.17, 15) is 5.11 Å². The van der Waals surface area contributed by atoms with Crippen LogP contribution in [0.25, 0.3) is 0 Å². The number of hydrogen-bond acceptors (Lipinski definition) is 5. The molecular formula is C28H60NO5+. The topological polar surface area (TPSA) is 79.2 Å². The average molecular weight is 491 g/mol. The van der Waals surface area contributed by atoms with E-state index >= 15 is 0 Å². The maximum absolute atomic E-state index is 9.66. The van der Waals surface area contributed by atoms with Crippen molar-refractivity contribution < 1.29 is 29.3 Å². The van der Waals surface area contributed by atoms with E-state index in [0.717, 1.165) is 30.5 Å². The molecule has 0 radical (unpaired) electrons. The van der Waals surface area contributed by atoms with Gasteiger partial charge in [0.1, 0.15) is 19.6 Å². The minimum absolute atomic E-state index is 0.0404. The second kappa shape index (κ2) is 27.3. The van der Waals surface area contributed by atoms with Crippen molar-refractivity contribution >= 4 is 0 Å². The predicted molar refractivity (Wildman–Crippen MR) is 142 cm³/mol. The Labute approximate surface area is 211 Å². The minimum Gasteiger partial charge on any atom is -0.394 e. The van der Waals surface area contributed by atoms with E-state index in [0.29, 0.717) is 33.0 Å². The fourth-order valence-corrected chi connectivity index (χ4v) is 4.73. The van der Waals surface area contributed by atoms with E-state index in [4.69, 9.17) is 19.7 Å². The summed E-state index contributed by atoms with van der Waals surface area (Å²) in [5.74, 6) is 0. The van der Waals surface area contributed by atoms with Gasteiger partial charge in [0, 0.05) is 0 Å². The molecule has 0 rings (SSSR count). The Bertz CT molecular complexity index is 372. The number of ether oxygens (including phenoxy) is 2. The Balaban J connectivity index is 3.88. The third-order valence-corrected chi connectivity index (χ3v) is 6.95. The molecule has 0 aromatic carbocycles. The highest BCUT2D eigenvalue weighted by atomic mass is 16.5. The molecule has 0 saturated carbocycles. The molecule has 0 aliphatic heterocycles. The Morgan fingerprint density at radius 1 is 0.412 bits per heavy atom. The maximum atomic E-state index is 9.66. The molecule has 0 amide bonds. The summed E-state index contributed by atoms with van der Waals surface area (Å²) < 4.78 is 11.8. The molecule has 0 aromatic heterocycles. The fraction of sp³-hybridized carbons (Fsp3) is 1.00. The molecule has 34 heavy (non-hydrogen) atoms. The van der Waals surface area contributed by atoms with Gasteiger partial charge < -0.3 is 29.3 Å². The van der Waals surface area contributed by atoms with Gasteiger partial charge in [0.05, 0.1) is 52.8 Å². The number of aliphatic hydroxyl groups is 3. The van der Waals surface area contributed by atoms with E-state index in [1.165, 1.54) is 96.3 Å². The van der Waals surface area contributed by atoms with E-state index in [1.54, 1.807) is 0 Å². The molecule has 0 saturated heterocycles. The van der Waals surface area contributed by atoms with Gasteiger partial charge >= 0.3 is 0 Å². The zero-order valence-corrected chi connectivity index (χ0v) is 22.7. The van der Waals surface area contributed by atoms with Crippen LogP contribution in [0, 0.1) is 0 Å². The molecule has 0 heterocycles. The summed E-state index contributed by atoms with van der Waals surface area (Å²) >= 11 is 0. The van der Waals surface area contributed by atoms with Crippen molar-refractivity contribution in [2.24, 2.45) is 0 Å². The number of rotatable bonds is 29. The highest BCUT2D eigenvalue weighted by Gasteiger charge is 2.26. The maximum Gasteiger partial charge on any atom is 0.103 e. The lowest BCUT2D eigenvalue weighted by atomic mass is 10.0. The fourth-order valence-electron chi connectivity index (χ4n) is 4.73. The van der Waals surface area contributed by atoms with Crippen molar-refractivity contribution in [3.63, 3.8) is 0 Å². The normalized spacial score (nSPS) is 12.0. The first-order chi connectivity index (χ1) is 16.7. The molecular weight excluding hydrogens is 430 g/mol. The van der Waals surface area contributed by atoms with Crippen molar-refractivity contribution in [2.75, 3.05) is 72.4 Å². The molecule has 206 valence electrons. The van der Waals surface area contributed by atoms with Crippen LogP contribution in [0.1, 0.15) is 110 Å². The highest BCUT2D eigenvalue weighted by molar-refractivity contribution is 4.52. The lowest BCUT2D eigenvalue weighted by Gasteiger charge is -2.38. The van der Waals surface area contributed by atoms with Gasteiger partial charge in [0.25, 0.3) is 0 Å². The summed E-state index contributed by atoms with van der Waals surface area (Å²) in [6.07, 6.45) is 21.9. The SMILES string of the molecule is CCCCCCCCCCCCCCCCCC[N+](CCO)(CCOCCO)CCOCCO. The smallest absolute Gasteiger partial charge is 0.103 e. The van der Waals surface area contributed by atoms with Gasteiger partial charge in [-0.05, 0) is 12.8 Å². The molecule has 0 spiro atoms. The quantitative estimate of drug-likeness (QED) is 0.101. The zero-order valence-electron chi connectivity index (χ0n) is 22.7. The first-order valence-corrected chi connectivity index (χ1v) is 14.6. The average Bonchev–Trinajstić information content (AvgIpc) is 2.84. The number of hydrogen-bond donors (Lipinski definition) is 3. The van der Waals surface area contributed by atoms with Crippen LogP contribution in [0.3, 0.4) is 0 Å². The van der Waals surface area contributed by atoms with Gasteiger partial charge in [0.2, 0.25) is 0 Å². The first kappa shape index (κ1) is 33.8. The van der Waals surface area contributed by atoms with Gasteiger partial charge in [-0.25, -0.2) is 0 Å². The summed E-state index contributed by atoms with van der Waals surface area (Å²) in [6.45, 7) is 7.76. The second-order valence-electron chi connectivity index (χ2n) is 9.93. The summed E-state index contributed by atoms with van der Waals surface area (Å²) in [7, 11) is 0. The molecule has 3 N–H and O–H groups in total. The lowest BCUT2D eigenvalue weighted by Crippen LogP contribution is -2.54. The van der Waals surface area contributed by atoms with Crippen LogP contribution in [-0.4, -0.2) is 92.2 Å². The van der Waals surface area contributed by atoms with E-state index < -0.39 is 0 Å². The number of nitrogens with zero attached hydrogens (tertiary/aromatic N) is 1. The van der Waals surface area contributed by atoms with Gasteiger partial charge in [-0.3, -0.25) is 0 Å². The van der Waals surface area contributed by atoms with E-state index in [1.807, 2.05) is 0 Å². The van der Waals surface area contributed by atoms with Gasteiger partial charge in [-0.2, -0.15) is 0 Å². The van der Waals surface area contributed by atoms with Crippen molar-refractivity contribution in [2.45, 2.75) is 110 Å². The molecule has 0 bridgehead atoms. The van der Waals surface area contributed by atoms with E-state index in [-0.39, 0.29) is 19.8 Å². The lowest BCUT2D eigenvalue weighted by molar-refractivity contribution is -0.929. The van der Waals surface area contributed by atoms with Crippen molar-refractivity contribution in [3.8, 4) is 0 Å². The highest BCUT2D eigenvalue weighted by Crippen LogP contribution is 2.15. The van der Waals surface area contributed by atoms with Crippen LogP contribution in [0.5, 0.6) is 0 Å². The molecule has 0 fully saturated rings. The number of aliphatic hydroxyl groups excluding tert-OH is 3. The molecule has 6 nitrogen and oxygen atoms in total. The van der Waals surface area contributed by atoms with Crippen LogP contribution in [0.4, 0.5) is 0 Å². The summed E-state index contributed by atoms with van der Waals surface area (Å²) in [5.41, 5.74) is 0. The molecule has 0 aromatic rings. The monoisotopic (exact) mass is 490 g/mol. The number of unbranched alkanes of at least 4 members (excludes halogenated alkanes) is 15. The zero-order chi connectivity index (χ0) is 25.0. The van der Waals surface area contributed by atoms with Crippen LogP contribution in [0.15, 0.2) is 0 Å². The summed E-state index contributed by atoms with van der Waals surface area (Å²) in [5, 5.41) is 27.6. The predicted octanol–water partition coefficient (Wildman–Crippen LogP) is 5.07. The van der Waals surface area contributed by atoms with Gasteiger partial charge in [-0.15, -0.1) is 0 Å². The third-order valence-electron chi connectivity index (χ3n) is 6.95. The third kappa shape index (κ3) is 22.2. The Morgan fingerprint density at radius 2 is 0.794 bits per heavy atom. The van der Waals surface area contributed by atoms with Crippen molar-refractivity contribution in [1.82, 2.24) is 0 Å². The molecule has 0 unspecified atom stereocenters. The van der Waals surface area contributed by atoms with Crippen LogP contribution < -0.4 is 0 Å². The van der Waals surface area contributed by atoms with Gasteiger partial charge in [-0.1, -0.05) is 96.8 Å². The van der Waals surface area contributed by atoms with Gasteiger partial charge in [0.15, 0.2) is 0 Å². The second-order valence-corrected chi connectivity index (χ2v) is 9.93. The Morgan fingerprint density at radius 3 is 1.15 bits per heavy atom. The molecule has 0 aliphatic carbocycles. The van der Waals surface area contributed by atoms with E-state index in [2.05, 4.69) is 6.92 Å². The Kier molecular flexibility index (Phi) is 27.2. The summed E-state index contributed by atoms with van der Waals surface area (Å²) in [4.78, 5) is 0. The minimum atomic E-state index is 0.0404. The largest absolute Gasteiger partial charge is 0.394 e. The molecule has 0 atom stereocenters. The van der Waals surface area contributed by atoms with Crippen LogP contribution in [0.2, 0.25) is 0 Å². The standard InChI is InChI=1S/C28H60NO5/c1-2-3-4-5-6-7-8-9-10-11-12-13-14-15-16-17-18-29(19-22-30,20-25-33-27-23-31)21-26-34-28-24-32/h30-32H,2-28H2,1H3/q+1.